The molecule has 0 aliphatic rings. The van der Waals surface area contributed by atoms with Gasteiger partial charge in [-0.05, 0) is 26.0 Å². The summed E-state index contributed by atoms with van der Waals surface area (Å²) in [6.07, 6.45) is 0. The first-order chi connectivity index (χ1) is 8.38. The number of likely N-dealkylation sites (N-methyl/N-ethyl adjacent to an activating group) is 1. The molecule has 1 N–H and O–H groups in total. The molecule has 5 nitrogen and oxygen atoms in total. The molecule has 0 radical (unpaired) electrons. The Morgan fingerprint density at radius 1 is 1.33 bits per heavy atom. The summed E-state index contributed by atoms with van der Waals surface area (Å²) in [5.74, 6) is -0.253. The average Bonchev–Trinajstić information content (AvgIpc) is 2.37. The van der Waals surface area contributed by atoms with Crippen molar-refractivity contribution < 1.29 is 13.2 Å². The first kappa shape index (κ1) is 14.7. The summed E-state index contributed by atoms with van der Waals surface area (Å²) in [5, 5.41) is 0. The molecule has 0 saturated carbocycles. The van der Waals surface area contributed by atoms with Gasteiger partial charge in [0.1, 0.15) is 0 Å². The van der Waals surface area contributed by atoms with Crippen molar-refractivity contribution in [2.45, 2.75) is 24.8 Å². The smallest absolute Gasteiger partial charge is 0.241 e. The minimum Gasteiger partial charge on any atom is -0.345 e. The van der Waals surface area contributed by atoms with Crippen LogP contribution < -0.4 is 4.72 Å². The zero-order chi connectivity index (χ0) is 13.8. The van der Waals surface area contributed by atoms with Crippen LogP contribution in [0.1, 0.15) is 13.8 Å². The van der Waals surface area contributed by atoms with Crippen molar-refractivity contribution in [3.05, 3.63) is 30.3 Å². The zero-order valence-electron chi connectivity index (χ0n) is 10.8. The van der Waals surface area contributed by atoms with Gasteiger partial charge in [-0.1, -0.05) is 18.2 Å². The van der Waals surface area contributed by atoms with Gasteiger partial charge in [0.15, 0.2) is 0 Å². The van der Waals surface area contributed by atoms with Crippen LogP contribution in [0.3, 0.4) is 0 Å². The fraction of sp³-hybridized carbons (Fsp3) is 0.417. The van der Waals surface area contributed by atoms with Crippen LogP contribution in [0.2, 0.25) is 0 Å². The van der Waals surface area contributed by atoms with E-state index in [4.69, 9.17) is 0 Å². The highest BCUT2D eigenvalue weighted by Crippen LogP contribution is 2.08. The normalized spacial score (nSPS) is 13.1. The summed E-state index contributed by atoms with van der Waals surface area (Å²) >= 11 is 0. The second-order valence-corrected chi connectivity index (χ2v) is 5.72. The van der Waals surface area contributed by atoms with E-state index in [0.29, 0.717) is 6.54 Å². The quantitative estimate of drug-likeness (QED) is 0.862. The van der Waals surface area contributed by atoms with E-state index in [1.807, 2.05) is 6.92 Å². The van der Waals surface area contributed by atoms with E-state index in [-0.39, 0.29) is 10.8 Å². The number of carbonyl (C=O) groups excluding carboxylic acids is 1. The van der Waals surface area contributed by atoms with E-state index in [1.54, 1.807) is 25.2 Å². The second-order valence-electron chi connectivity index (χ2n) is 4.01. The van der Waals surface area contributed by atoms with Crippen LogP contribution in [0.25, 0.3) is 0 Å². The third kappa shape index (κ3) is 3.54. The lowest BCUT2D eigenvalue weighted by Crippen LogP contribution is -2.45. The van der Waals surface area contributed by atoms with Crippen molar-refractivity contribution in [3.8, 4) is 0 Å². The Morgan fingerprint density at radius 2 is 1.89 bits per heavy atom. The van der Waals surface area contributed by atoms with Gasteiger partial charge >= 0.3 is 0 Å². The van der Waals surface area contributed by atoms with Crippen molar-refractivity contribution >= 4 is 15.9 Å². The molecule has 18 heavy (non-hydrogen) atoms. The van der Waals surface area contributed by atoms with Crippen molar-refractivity contribution in [1.82, 2.24) is 9.62 Å². The number of hydrogen-bond donors (Lipinski definition) is 1. The molecule has 0 aliphatic carbocycles. The number of sulfonamides is 1. The van der Waals surface area contributed by atoms with E-state index < -0.39 is 16.1 Å². The van der Waals surface area contributed by atoms with Gasteiger partial charge < -0.3 is 4.90 Å². The van der Waals surface area contributed by atoms with E-state index >= 15 is 0 Å². The number of amides is 1. The highest BCUT2D eigenvalue weighted by molar-refractivity contribution is 7.89. The number of carbonyl (C=O) groups is 1. The topological polar surface area (TPSA) is 66.5 Å². The average molecular weight is 270 g/mol. The van der Waals surface area contributed by atoms with Gasteiger partial charge in [-0.25, -0.2) is 8.42 Å². The predicted molar refractivity (Wildman–Crippen MR) is 69.5 cm³/mol. The molecule has 0 heterocycles. The number of nitrogens with one attached hydrogen (secondary N) is 1. The maximum Gasteiger partial charge on any atom is 0.241 e. The van der Waals surface area contributed by atoms with Gasteiger partial charge in [0.25, 0.3) is 0 Å². The van der Waals surface area contributed by atoms with E-state index in [2.05, 4.69) is 4.72 Å². The van der Waals surface area contributed by atoms with Gasteiger partial charge in [0.05, 0.1) is 10.9 Å². The van der Waals surface area contributed by atoms with Gasteiger partial charge in [-0.3, -0.25) is 4.79 Å². The monoisotopic (exact) mass is 270 g/mol. The summed E-state index contributed by atoms with van der Waals surface area (Å²) in [6.45, 7) is 3.90. The molecule has 0 spiro atoms. The Balaban J connectivity index is 2.82. The predicted octanol–water partition coefficient (Wildman–Crippen LogP) is 0.832. The minimum absolute atomic E-state index is 0.156. The summed E-state index contributed by atoms with van der Waals surface area (Å²) in [5.41, 5.74) is 0. The first-order valence-electron chi connectivity index (χ1n) is 5.71. The standard InChI is InChI=1S/C12H18N2O3S/c1-4-14(3)12(15)10(2)13-18(16,17)11-8-6-5-7-9-11/h5-10,13H,4H2,1-3H3. The molecule has 1 atom stereocenters. The summed E-state index contributed by atoms with van der Waals surface area (Å²) in [6, 6.07) is 7.21. The molecule has 1 rings (SSSR count). The molecule has 0 bridgehead atoms. The van der Waals surface area contributed by atoms with Crippen LogP contribution in [-0.4, -0.2) is 38.9 Å². The fourth-order valence-corrected chi connectivity index (χ4v) is 2.66. The van der Waals surface area contributed by atoms with Gasteiger partial charge in [0.2, 0.25) is 15.9 Å². The van der Waals surface area contributed by atoms with Crippen LogP contribution >= 0.6 is 0 Å². The van der Waals surface area contributed by atoms with Crippen LogP contribution in [0.15, 0.2) is 35.2 Å². The van der Waals surface area contributed by atoms with Crippen LogP contribution in [0, 0.1) is 0 Å². The number of benzene rings is 1. The van der Waals surface area contributed by atoms with E-state index in [0.717, 1.165) is 0 Å². The molecule has 0 aromatic heterocycles. The van der Waals surface area contributed by atoms with Gasteiger partial charge in [0, 0.05) is 13.6 Å². The molecule has 100 valence electrons. The third-order valence-electron chi connectivity index (χ3n) is 2.61. The lowest BCUT2D eigenvalue weighted by atomic mass is 10.3. The number of hydrogen-bond acceptors (Lipinski definition) is 3. The highest BCUT2D eigenvalue weighted by Gasteiger charge is 2.23. The molecule has 0 fully saturated rings. The van der Waals surface area contributed by atoms with Crippen molar-refractivity contribution in [2.75, 3.05) is 13.6 Å². The summed E-state index contributed by atoms with van der Waals surface area (Å²) in [7, 11) is -2.01. The first-order valence-corrected chi connectivity index (χ1v) is 7.19. The Labute approximate surface area is 108 Å². The number of rotatable bonds is 5. The molecule has 6 heteroatoms. The molecule has 1 aromatic carbocycles. The maximum absolute atomic E-state index is 12.0. The summed E-state index contributed by atoms with van der Waals surface area (Å²) in [4.78, 5) is 13.4. The Morgan fingerprint density at radius 3 is 2.39 bits per heavy atom. The van der Waals surface area contributed by atoms with Crippen LogP contribution in [0.4, 0.5) is 0 Å². The van der Waals surface area contributed by atoms with Crippen molar-refractivity contribution in [1.29, 1.82) is 0 Å². The minimum atomic E-state index is -3.64. The maximum atomic E-state index is 12.0. The van der Waals surface area contributed by atoms with Crippen molar-refractivity contribution in [3.63, 3.8) is 0 Å². The Hall–Kier alpha value is -1.40. The van der Waals surface area contributed by atoms with Crippen LogP contribution in [-0.2, 0) is 14.8 Å². The second kappa shape index (κ2) is 5.97. The zero-order valence-corrected chi connectivity index (χ0v) is 11.6. The van der Waals surface area contributed by atoms with E-state index in [1.165, 1.54) is 24.0 Å². The fourth-order valence-electron chi connectivity index (χ4n) is 1.44. The Kier molecular flexibility index (Phi) is 4.86. The molecule has 1 amide bonds. The lowest BCUT2D eigenvalue weighted by Gasteiger charge is -2.20. The third-order valence-corrected chi connectivity index (χ3v) is 4.16. The van der Waals surface area contributed by atoms with Crippen LogP contribution in [0.5, 0.6) is 0 Å². The SMILES string of the molecule is CCN(C)C(=O)C(C)NS(=O)(=O)c1ccccc1. The lowest BCUT2D eigenvalue weighted by molar-refractivity contribution is -0.131. The Bertz CT molecular complexity index is 499. The molecule has 1 aromatic rings. The van der Waals surface area contributed by atoms with E-state index in [9.17, 15) is 13.2 Å². The largest absolute Gasteiger partial charge is 0.345 e. The number of nitrogens with zero attached hydrogens (tertiary/aromatic N) is 1. The molecular formula is C12H18N2O3S. The molecule has 0 aliphatic heterocycles. The summed E-state index contributed by atoms with van der Waals surface area (Å²) < 4.78 is 26.3. The molecule has 0 saturated heterocycles. The van der Waals surface area contributed by atoms with Gasteiger partial charge in [-0.2, -0.15) is 4.72 Å². The van der Waals surface area contributed by atoms with Gasteiger partial charge in [-0.15, -0.1) is 0 Å². The van der Waals surface area contributed by atoms with Crippen molar-refractivity contribution in [2.24, 2.45) is 0 Å². The molecule has 1 unspecified atom stereocenters. The molecular weight excluding hydrogens is 252 g/mol. The highest BCUT2D eigenvalue weighted by atomic mass is 32.2.